The van der Waals surface area contributed by atoms with E-state index in [0.717, 1.165) is 59.9 Å². The van der Waals surface area contributed by atoms with Crippen molar-refractivity contribution in [3.63, 3.8) is 0 Å². The molecular formula is C30H36N6. The lowest BCUT2D eigenvalue weighted by atomic mass is 9.96. The van der Waals surface area contributed by atoms with Crippen LogP contribution in [-0.2, 0) is 13.0 Å². The van der Waals surface area contributed by atoms with Crippen LogP contribution >= 0.6 is 0 Å². The molecule has 186 valence electrons. The van der Waals surface area contributed by atoms with Gasteiger partial charge in [0.15, 0.2) is 5.82 Å². The number of H-pyrrole nitrogens is 1. The average Bonchev–Trinajstić information content (AvgIpc) is 3.23. The van der Waals surface area contributed by atoms with Gasteiger partial charge in [0.25, 0.3) is 0 Å². The summed E-state index contributed by atoms with van der Waals surface area (Å²) in [6, 6.07) is 11.7. The van der Waals surface area contributed by atoms with Gasteiger partial charge in [-0.2, -0.15) is 5.10 Å². The molecule has 2 aliphatic heterocycles. The Morgan fingerprint density at radius 3 is 2.53 bits per heavy atom. The van der Waals surface area contributed by atoms with E-state index in [9.17, 15) is 0 Å². The third kappa shape index (κ3) is 3.66. The fourth-order valence-electron chi connectivity index (χ4n) is 5.77. The highest BCUT2D eigenvalue weighted by Gasteiger charge is 2.32. The van der Waals surface area contributed by atoms with Crippen molar-refractivity contribution in [1.82, 2.24) is 20.2 Å². The van der Waals surface area contributed by atoms with Gasteiger partial charge in [-0.3, -0.25) is 5.10 Å². The molecule has 1 saturated heterocycles. The predicted molar refractivity (Wildman–Crippen MR) is 148 cm³/mol. The summed E-state index contributed by atoms with van der Waals surface area (Å²) >= 11 is 0. The fraction of sp³-hybridized carbons (Fsp3) is 0.433. The Bertz CT molecular complexity index is 1470. The smallest absolute Gasteiger partial charge is 0.162 e. The molecule has 0 radical (unpaired) electrons. The topological polar surface area (TPSA) is 60.9 Å². The van der Waals surface area contributed by atoms with Crippen LogP contribution in [0.3, 0.4) is 0 Å². The summed E-state index contributed by atoms with van der Waals surface area (Å²) in [5, 5.41) is 8.79. The second-order valence-electron chi connectivity index (χ2n) is 11.0. The maximum Gasteiger partial charge on any atom is 0.162 e. The third-order valence-corrected chi connectivity index (χ3v) is 8.21. The number of anilines is 2. The van der Waals surface area contributed by atoms with E-state index in [1.54, 1.807) is 0 Å². The van der Waals surface area contributed by atoms with Crippen molar-refractivity contribution >= 4 is 22.4 Å². The first-order valence-electron chi connectivity index (χ1n) is 13.3. The van der Waals surface area contributed by atoms with E-state index in [2.05, 4.69) is 91.9 Å². The summed E-state index contributed by atoms with van der Waals surface area (Å²) in [5.74, 6) is 2.47. The molecule has 2 aromatic heterocycles. The molecule has 2 aromatic carbocycles. The maximum atomic E-state index is 5.30. The Morgan fingerprint density at radius 1 is 1.00 bits per heavy atom. The van der Waals surface area contributed by atoms with Crippen molar-refractivity contribution in [3.05, 3.63) is 64.0 Å². The van der Waals surface area contributed by atoms with E-state index in [1.807, 2.05) is 0 Å². The highest BCUT2D eigenvalue weighted by atomic mass is 15.3. The van der Waals surface area contributed by atoms with Crippen molar-refractivity contribution < 1.29 is 0 Å². The van der Waals surface area contributed by atoms with Crippen LogP contribution in [-0.4, -0.2) is 39.3 Å². The molecule has 6 rings (SSSR count). The second-order valence-corrected chi connectivity index (χ2v) is 11.0. The van der Waals surface area contributed by atoms with Gasteiger partial charge in [0.2, 0.25) is 0 Å². The van der Waals surface area contributed by atoms with E-state index in [1.165, 1.54) is 40.1 Å². The minimum absolute atomic E-state index is 0.505. The van der Waals surface area contributed by atoms with Crippen LogP contribution in [0.5, 0.6) is 0 Å². The van der Waals surface area contributed by atoms with Crippen molar-refractivity contribution in [1.29, 1.82) is 0 Å². The van der Waals surface area contributed by atoms with E-state index in [4.69, 9.17) is 9.97 Å². The van der Waals surface area contributed by atoms with Crippen molar-refractivity contribution in [2.45, 2.75) is 72.9 Å². The molecule has 1 unspecified atom stereocenters. The quantitative estimate of drug-likeness (QED) is 0.375. The molecule has 4 heterocycles. The van der Waals surface area contributed by atoms with Gasteiger partial charge in [-0.25, -0.2) is 9.97 Å². The van der Waals surface area contributed by atoms with Gasteiger partial charge < -0.3 is 9.80 Å². The van der Waals surface area contributed by atoms with E-state index in [-0.39, 0.29) is 0 Å². The molecule has 1 atom stereocenters. The summed E-state index contributed by atoms with van der Waals surface area (Å²) in [7, 11) is 0. The highest BCUT2D eigenvalue weighted by Crippen LogP contribution is 2.39. The van der Waals surface area contributed by atoms with Gasteiger partial charge in [-0.05, 0) is 68.9 Å². The Kier molecular flexibility index (Phi) is 5.51. The van der Waals surface area contributed by atoms with Crippen molar-refractivity contribution in [2.75, 3.05) is 22.9 Å². The zero-order valence-corrected chi connectivity index (χ0v) is 22.3. The first-order valence-corrected chi connectivity index (χ1v) is 13.3. The Labute approximate surface area is 213 Å². The number of aromatic amines is 1. The lowest BCUT2D eigenvalue weighted by Crippen LogP contribution is -2.47. The van der Waals surface area contributed by atoms with Crippen LogP contribution in [0.25, 0.3) is 22.3 Å². The standard InChI is InChI=1S/C30H36N6/c1-17(2)22-9-7-18(3)26(15-22)35-13-12-24-23(16-35)30(36-14-11-20(36)5)32-29(31-24)27-19(4)8-10-25-28(27)21(6)33-34-25/h7-10,15,17,20H,11-14,16H2,1-6H3,(H,33,34). The van der Waals surface area contributed by atoms with Gasteiger partial charge in [0, 0.05) is 54.3 Å². The van der Waals surface area contributed by atoms with Crippen molar-refractivity contribution in [2.24, 2.45) is 0 Å². The number of hydrogen-bond acceptors (Lipinski definition) is 5. The molecule has 0 spiro atoms. The van der Waals surface area contributed by atoms with Gasteiger partial charge in [0.1, 0.15) is 5.82 Å². The van der Waals surface area contributed by atoms with Gasteiger partial charge >= 0.3 is 0 Å². The molecular weight excluding hydrogens is 444 g/mol. The molecule has 0 amide bonds. The van der Waals surface area contributed by atoms with Crippen molar-refractivity contribution in [3.8, 4) is 11.4 Å². The average molecular weight is 481 g/mol. The molecule has 2 aliphatic rings. The summed E-state index contributed by atoms with van der Waals surface area (Å²) in [6.45, 7) is 16.2. The van der Waals surface area contributed by atoms with Crippen LogP contribution in [0.2, 0.25) is 0 Å². The lowest BCUT2D eigenvalue weighted by molar-refractivity contribution is 0.472. The van der Waals surface area contributed by atoms with Crippen LogP contribution in [0.4, 0.5) is 11.5 Å². The maximum absolute atomic E-state index is 5.30. The normalized spacial score (nSPS) is 17.6. The highest BCUT2D eigenvalue weighted by molar-refractivity contribution is 5.96. The minimum Gasteiger partial charge on any atom is -0.366 e. The minimum atomic E-state index is 0.505. The van der Waals surface area contributed by atoms with Crippen LogP contribution in [0.1, 0.15) is 66.8 Å². The second kappa shape index (κ2) is 8.61. The Balaban J connectivity index is 1.48. The van der Waals surface area contributed by atoms with Crippen LogP contribution in [0, 0.1) is 20.8 Å². The van der Waals surface area contributed by atoms with E-state index in [0.29, 0.717) is 12.0 Å². The van der Waals surface area contributed by atoms with Gasteiger partial charge in [-0.1, -0.05) is 32.0 Å². The van der Waals surface area contributed by atoms with E-state index < -0.39 is 0 Å². The zero-order chi connectivity index (χ0) is 25.1. The first kappa shape index (κ1) is 23.0. The lowest BCUT2D eigenvalue weighted by Gasteiger charge is -2.42. The number of aryl methyl sites for hydroxylation is 3. The fourth-order valence-corrected chi connectivity index (χ4v) is 5.77. The van der Waals surface area contributed by atoms with Crippen LogP contribution < -0.4 is 9.80 Å². The molecule has 0 aliphatic carbocycles. The number of aromatic nitrogens is 4. The summed E-state index contributed by atoms with van der Waals surface area (Å²) in [6.07, 6.45) is 2.13. The first-order chi connectivity index (χ1) is 17.3. The molecule has 1 fully saturated rings. The van der Waals surface area contributed by atoms with Crippen LogP contribution in [0.15, 0.2) is 30.3 Å². The number of rotatable bonds is 4. The van der Waals surface area contributed by atoms with E-state index >= 15 is 0 Å². The molecule has 4 aromatic rings. The zero-order valence-electron chi connectivity index (χ0n) is 22.3. The molecule has 0 saturated carbocycles. The third-order valence-electron chi connectivity index (χ3n) is 8.21. The monoisotopic (exact) mass is 480 g/mol. The number of nitrogens with one attached hydrogen (secondary N) is 1. The number of benzene rings is 2. The molecule has 6 nitrogen and oxygen atoms in total. The Morgan fingerprint density at radius 2 is 1.81 bits per heavy atom. The largest absolute Gasteiger partial charge is 0.366 e. The predicted octanol–water partition coefficient (Wildman–Crippen LogP) is 6.23. The Hall–Kier alpha value is -3.41. The summed E-state index contributed by atoms with van der Waals surface area (Å²) in [4.78, 5) is 15.5. The number of hydrogen-bond donors (Lipinski definition) is 1. The summed E-state index contributed by atoms with van der Waals surface area (Å²) < 4.78 is 0. The molecule has 6 heteroatoms. The summed E-state index contributed by atoms with van der Waals surface area (Å²) in [5.41, 5.74) is 10.9. The van der Waals surface area contributed by atoms with Gasteiger partial charge in [0.05, 0.1) is 16.9 Å². The SMILES string of the molecule is Cc1ccc(C(C)C)cc1N1CCc2nc(-c3c(C)ccc4[nH]nc(C)c34)nc(N3CCC3C)c2C1. The van der Waals surface area contributed by atoms with Gasteiger partial charge in [-0.15, -0.1) is 0 Å². The molecule has 36 heavy (non-hydrogen) atoms. The molecule has 0 bridgehead atoms. The number of fused-ring (bicyclic) bond motifs is 2. The molecule has 1 N–H and O–H groups in total. The number of nitrogens with zero attached hydrogens (tertiary/aromatic N) is 5.